The molecule has 1 aliphatic rings. The van der Waals surface area contributed by atoms with E-state index in [0.717, 1.165) is 29.3 Å². The fraction of sp³-hybridized carbons (Fsp3) is 0.238. The summed E-state index contributed by atoms with van der Waals surface area (Å²) in [6.45, 7) is 2.12. The summed E-state index contributed by atoms with van der Waals surface area (Å²) in [7, 11) is 0. The Kier molecular flexibility index (Phi) is 4.10. The maximum atomic E-state index is 12.9. The molecule has 2 aromatic carbocycles. The van der Waals surface area contributed by atoms with Crippen molar-refractivity contribution in [3.63, 3.8) is 0 Å². The van der Waals surface area contributed by atoms with Gasteiger partial charge in [-0.05, 0) is 43.5 Å². The Morgan fingerprint density at radius 1 is 1.20 bits per heavy atom. The molecule has 2 heterocycles. The van der Waals surface area contributed by atoms with Gasteiger partial charge in [0.25, 0.3) is 5.91 Å². The van der Waals surface area contributed by atoms with E-state index in [0.29, 0.717) is 5.75 Å². The van der Waals surface area contributed by atoms with E-state index in [1.54, 1.807) is 12.4 Å². The number of amides is 1. The molecule has 0 radical (unpaired) electrons. The van der Waals surface area contributed by atoms with E-state index >= 15 is 0 Å². The van der Waals surface area contributed by atoms with Gasteiger partial charge in [0.2, 0.25) is 0 Å². The van der Waals surface area contributed by atoms with E-state index in [2.05, 4.69) is 18.0 Å². The zero-order chi connectivity index (χ0) is 17.2. The van der Waals surface area contributed by atoms with E-state index in [1.165, 1.54) is 5.56 Å². The highest BCUT2D eigenvalue weighted by Gasteiger charge is 2.28. The molecule has 1 amide bonds. The van der Waals surface area contributed by atoms with Crippen molar-refractivity contribution < 1.29 is 9.53 Å². The predicted octanol–water partition coefficient (Wildman–Crippen LogP) is 3.98. The number of pyridine rings is 1. The molecule has 126 valence electrons. The molecule has 4 heteroatoms. The lowest BCUT2D eigenvalue weighted by Gasteiger charge is -2.35. The van der Waals surface area contributed by atoms with Crippen molar-refractivity contribution in [2.75, 3.05) is 11.5 Å². The summed E-state index contributed by atoms with van der Waals surface area (Å²) in [5.41, 5.74) is 2.24. The number of ether oxygens (including phenoxy) is 1. The standard InChI is InChI=1S/C21H20N2O2/c1-15-9-10-16-5-2-3-7-19(16)23(15)21(24)14-25-20-8-4-6-17-13-22-12-11-18(17)20/h2-8,11-13,15H,9-10,14H2,1H3. The molecule has 3 aromatic rings. The number of para-hydroxylation sites is 1. The zero-order valence-corrected chi connectivity index (χ0v) is 14.2. The quantitative estimate of drug-likeness (QED) is 0.728. The second-order valence-electron chi connectivity index (χ2n) is 6.42. The Morgan fingerprint density at radius 3 is 3.00 bits per heavy atom. The van der Waals surface area contributed by atoms with Crippen molar-refractivity contribution in [2.24, 2.45) is 0 Å². The van der Waals surface area contributed by atoms with Gasteiger partial charge in [-0.1, -0.05) is 30.3 Å². The third kappa shape index (κ3) is 2.95. The van der Waals surface area contributed by atoms with Gasteiger partial charge in [-0.3, -0.25) is 9.78 Å². The van der Waals surface area contributed by atoms with E-state index in [4.69, 9.17) is 4.74 Å². The number of carbonyl (C=O) groups excluding carboxylic acids is 1. The van der Waals surface area contributed by atoms with Crippen LogP contribution in [0.1, 0.15) is 18.9 Å². The number of hydrogen-bond acceptors (Lipinski definition) is 3. The summed E-state index contributed by atoms with van der Waals surface area (Å²) in [5.74, 6) is 0.705. The van der Waals surface area contributed by atoms with Gasteiger partial charge in [-0.25, -0.2) is 0 Å². The van der Waals surface area contributed by atoms with Crippen molar-refractivity contribution >= 4 is 22.4 Å². The minimum atomic E-state index is -0.00860. The number of anilines is 1. The van der Waals surface area contributed by atoms with Crippen molar-refractivity contribution in [1.29, 1.82) is 0 Å². The molecule has 0 saturated carbocycles. The molecule has 1 aliphatic heterocycles. The van der Waals surface area contributed by atoms with Gasteiger partial charge in [0, 0.05) is 34.9 Å². The highest BCUT2D eigenvalue weighted by atomic mass is 16.5. The zero-order valence-electron chi connectivity index (χ0n) is 14.2. The number of rotatable bonds is 3. The Labute approximate surface area is 147 Å². The average molecular weight is 332 g/mol. The van der Waals surface area contributed by atoms with Crippen LogP contribution in [0.4, 0.5) is 5.69 Å². The van der Waals surface area contributed by atoms with Crippen LogP contribution in [-0.4, -0.2) is 23.5 Å². The molecule has 1 unspecified atom stereocenters. The lowest BCUT2D eigenvalue weighted by atomic mass is 9.96. The second-order valence-corrected chi connectivity index (χ2v) is 6.42. The highest BCUT2D eigenvalue weighted by Crippen LogP contribution is 2.31. The Hall–Kier alpha value is -2.88. The number of aromatic nitrogens is 1. The van der Waals surface area contributed by atoms with Crippen LogP contribution in [0, 0.1) is 0 Å². The van der Waals surface area contributed by atoms with Crippen molar-refractivity contribution in [3.05, 3.63) is 66.5 Å². The van der Waals surface area contributed by atoms with Crippen LogP contribution in [-0.2, 0) is 11.2 Å². The van der Waals surface area contributed by atoms with Crippen molar-refractivity contribution in [2.45, 2.75) is 25.8 Å². The predicted molar refractivity (Wildman–Crippen MR) is 98.9 cm³/mol. The second kappa shape index (κ2) is 6.55. The summed E-state index contributed by atoms with van der Waals surface area (Å²) in [4.78, 5) is 18.9. The van der Waals surface area contributed by atoms with Gasteiger partial charge < -0.3 is 9.64 Å². The van der Waals surface area contributed by atoms with Gasteiger partial charge in [0.05, 0.1) is 0 Å². The minimum absolute atomic E-state index is 0.00860. The first-order valence-corrected chi connectivity index (χ1v) is 8.59. The molecule has 0 spiro atoms. The molecular formula is C21H20N2O2. The third-order valence-electron chi connectivity index (χ3n) is 4.78. The first kappa shape index (κ1) is 15.6. The van der Waals surface area contributed by atoms with E-state index in [1.807, 2.05) is 47.4 Å². The number of hydrogen-bond donors (Lipinski definition) is 0. The largest absolute Gasteiger partial charge is 0.483 e. The molecule has 0 aliphatic carbocycles. The van der Waals surface area contributed by atoms with Crippen molar-refractivity contribution in [1.82, 2.24) is 4.98 Å². The molecule has 0 bridgehead atoms. The smallest absolute Gasteiger partial charge is 0.265 e. The number of carbonyl (C=O) groups is 1. The summed E-state index contributed by atoms with van der Waals surface area (Å²) < 4.78 is 5.88. The Balaban J connectivity index is 1.56. The van der Waals surface area contributed by atoms with Crippen LogP contribution in [0.2, 0.25) is 0 Å². The maximum absolute atomic E-state index is 12.9. The summed E-state index contributed by atoms with van der Waals surface area (Å²) >= 11 is 0. The molecule has 25 heavy (non-hydrogen) atoms. The van der Waals surface area contributed by atoms with Gasteiger partial charge in [0.15, 0.2) is 6.61 Å². The molecule has 0 saturated heterocycles. The lowest BCUT2D eigenvalue weighted by Crippen LogP contribution is -2.44. The number of aryl methyl sites for hydroxylation is 1. The SMILES string of the molecule is CC1CCc2ccccc2N1C(=O)COc1cccc2cnccc12. The van der Waals surface area contributed by atoms with Crippen LogP contribution >= 0.6 is 0 Å². The number of nitrogens with zero attached hydrogens (tertiary/aromatic N) is 2. The molecule has 1 aromatic heterocycles. The van der Waals surface area contributed by atoms with E-state index < -0.39 is 0 Å². The first-order valence-electron chi connectivity index (χ1n) is 8.59. The van der Waals surface area contributed by atoms with Crippen LogP contribution < -0.4 is 9.64 Å². The van der Waals surface area contributed by atoms with Gasteiger partial charge in [-0.2, -0.15) is 0 Å². The monoisotopic (exact) mass is 332 g/mol. The lowest BCUT2D eigenvalue weighted by molar-refractivity contribution is -0.121. The van der Waals surface area contributed by atoms with Crippen molar-refractivity contribution in [3.8, 4) is 5.75 Å². The fourth-order valence-electron chi connectivity index (χ4n) is 3.50. The first-order chi connectivity index (χ1) is 12.2. The van der Waals surface area contributed by atoms with Crippen LogP contribution in [0.15, 0.2) is 60.9 Å². The van der Waals surface area contributed by atoms with E-state index in [9.17, 15) is 4.79 Å². The molecule has 0 fully saturated rings. The fourth-order valence-corrected chi connectivity index (χ4v) is 3.50. The molecule has 4 nitrogen and oxygen atoms in total. The highest BCUT2D eigenvalue weighted by molar-refractivity contribution is 5.96. The Morgan fingerprint density at radius 2 is 2.08 bits per heavy atom. The summed E-state index contributed by atoms with van der Waals surface area (Å²) in [5, 5.41) is 1.97. The molecular weight excluding hydrogens is 312 g/mol. The topological polar surface area (TPSA) is 42.4 Å². The Bertz CT molecular complexity index is 917. The van der Waals surface area contributed by atoms with E-state index in [-0.39, 0.29) is 18.6 Å². The average Bonchev–Trinajstić information content (AvgIpc) is 2.66. The normalized spacial score (nSPS) is 16.5. The maximum Gasteiger partial charge on any atom is 0.265 e. The van der Waals surface area contributed by atoms with Gasteiger partial charge in [0.1, 0.15) is 5.75 Å². The number of fused-ring (bicyclic) bond motifs is 2. The molecule has 0 N–H and O–H groups in total. The van der Waals surface area contributed by atoms with Gasteiger partial charge >= 0.3 is 0 Å². The summed E-state index contributed by atoms with van der Waals surface area (Å²) in [6, 6.07) is 16.0. The molecule has 1 atom stereocenters. The van der Waals surface area contributed by atoms with Gasteiger partial charge in [-0.15, -0.1) is 0 Å². The summed E-state index contributed by atoms with van der Waals surface area (Å²) in [6.07, 6.45) is 5.52. The van der Waals surface area contributed by atoms with Crippen LogP contribution in [0.25, 0.3) is 10.8 Å². The number of benzene rings is 2. The molecule has 4 rings (SSSR count). The third-order valence-corrected chi connectivity index (χ3v) is 4.78. The van der Waals surface area contributed by atoms with Crippen LogP contribution in [0.3, 0.4) is 0 Å². The minimum Gasteiger partial charge on any atom is -0.483 e. The van der Waals surface area contributed by atoms with Crippen LogP contribution in [0.5, 0.6) is 5.75 Å².